The van der Waals surface area contributed by atoms with Crippen molar-refractivity contribution < 1.29 is 4.92 Å². The predicted octanol–water partition coefficient (Wildman–Crippen LogP) is 1.82. The van der Waals surface area contributed by atoms with E-state index >= 15 is 0 Å². The van der Waals surface area contributed by atoms with Gasteiger partial charge in [-0.25, -0.2) is 15.0 Å². The molecular formula is C10H9N5O2S. The van der Waals surface area contributed by atoms with E-state index in [1.165, 1.54) is 12.1 Å². The zero-order valence-corrected chi connectivity index (χ0v) is 10.2. The third-order valence-electron chi connectivity index (χ3n) is 1.99. The van der Waals surface area contributed by atoms with E-state index in [-0.39, 0.29) is 11.5 Å². The maximum atomic E-state index is 10.7. The number of nitrogens with zero attached hydrogens (tertiary/aromatic N) is 4. The Morgan fingerprint density at radius 2 is 2.17 bits per heavy atom. The zero-order valence-electron chi connectivity index (χ0n) is 9.40. The molecule has 0 aromatic carbocycles. The van der Waals surface area contributed by atoms with Crippen LogP contribution in [-0.2, 0) is 0 Å². The van der Waals surface area contributed by atoms with Crippen LogP contribution in [0.3, 0.4) is 0 Å². The predicted molar refractivity (Wildman–Crippen MR) is 66.2 cm³/mol. The molecule has 8 heteroatoms. The van der Waals surface area contributed by atoms with Gasteiger partial charge in [-0.15, -0.1) is 0 Å². The highest BCUT2D eigenvalue weighted by Crippen LogP contribution is 2.27. The Kier molecular flexibility index (Phi) is 3.38. The largest absolute Gasteiger partial charge is 0.383 e. The average molecular weight is 263 g/mol. The quantitative estimate of drug-likeness (QED) is 0.511. The molecule has 0 amide bonds. The van der Waals surface area contributed by atoms with Crippen LogP contribution >= 0.6 is 11.8 Å². The second kappa shape index (κ2) is 4.96. The van der Waals surface area contributed by atoms with Crippen LogP contribution in [0.2, 0.25) is 0 Å². The summed E-state index contributed by atoms with van der Waals surface area (Å²) in [7, 11) is 0. The van der Waals surface area contributed by atoms with Gasteiger partial charge >= 0.3 is 0 Å². The van der Waals surface area contributed by atoms with Crippen LogP contribution in [0.4, 0.5) is 11.5 Å². The zero-order chi connectivity index (χ0) is 13.1. The summed E-state index contributed by atoms with van der Waals surface area (Å²) in [6, 6.07) is 4.31. The summed E-state index contributed by atoms with van der Waals surface area (Å²) in [5.41, 5.74) is 6.22. The van der Waals surface area contributed by atoms with Gasteiger partial charge in [-0.1, -0.05) is 0 Å². The molecule has 7 nitrogen and oxygen atoms in total. The molecule has 0 fully saturated rings. The lowest BCUT2D eigenvalue weighted by Gasteiger charge is -2.01. The molecule has 2 rings (SSSR count). The molecule has 0 radical (unpaired) electrons. The summed E-state index contributed by atoms with van der Waals surface area (Å²) < 4.78 is 0. The molecule has 18 heavy (non-hydrogen) atoms. The highest BCUT2D eigenvalue weighted by atomic mass is 32.2. The van der Waals surface area contributed by atoms with Crippen LogP contribution in [0, 0.1) is 17.0 Å². The molecule has 0 saturated heterocycles. The molecule has 0 bridgehead atoms. The molecule has 2 aromatic heterocycles. The van der Waals surface area contributed by atoms with Crippen molar-refractivity contribution in [2.75, 3.05) is 5.73 Å². The van der Waals surface area contributed by atoms with Gasteiger partial charge in [0.25, 0.3) is 5.69 Å². The van der Waals surface area contributed by atoms with E-state index < -0.39 is 4.92 Å². The van der Waals surface area contributed by atoms with Crippen molar-refractivity contribution in [3.8, 4) is 0 Å². The fourth-order valence-electron chi connectivity index (χ4n) is 1.24. The third-order valence-corrected chi connectivity index (χ3v) is 2.78. The van der Waals surface area contributed by atoms with Crippen LogP contribution < -0.4 is 5.73 Å². The Labute approximate surface area is 107 Å². The summed E-state index contributed by atoms with van der Waals surface area (Å²) in [5, 5.41) is 11.6. The maximum Gasteiger partial charge on any atom is 0.275 e. The Morgan fingerprint density at radius 3 is 2.83 bits per heavy atom. The first kappa shape index (κ1) is 12.2. The van der Waals surface area contributed by atoms with E-state index in [9.17, 15) is 10.1 Å². The van der Waals surface area contributed by atoms with Gasteiger partial charge in [0, 0.05) is 18.0 Å². The number of hydrogen-bond donors (Lipinski definition) is 1. The Balaban J connectivity index is 2.31. The van der Waals surface area contributed by atoms with Crippen LogP contribution in [0.1, 0.15) is 5.69 Å². The summed E-state index contributed by atoms with van der Waals surface area (Å²) in [6.45, 7) is 1.83. The van der Waals surface area contributed by atoms with Crippen molar-refractivity contribution >= 4 is 23.3 Å². The number of nitrogen functional groups attached to an aromatic ring is 1. The standard InChI is InChI=1S/C10H9N5O2S/c1-6-2-3-12-10(13-6)18-9-5-7(15(16)17)4-8(11)14-9/h2-5H,1H3,(H2,11,14). The Bertz CT molecular complexity index is 605. The topological polar surface area (TPSA) is 108 Å². The van der Waals surface area contributed by atoms with Crippen molar-refractivity contribution in [1.29, 1.82) is 0 Å². The number of nitrogens with two attached hydrogens (primary N) is 1. The highest BCUT2D eigenvalue weighted by molar-refractivity contribution is 7.99. The van der Waals surface area contributed by atoms with Crippen molar-refractivity contribution in [2.24, 2.45) is 0 Å². The Morgan fingerprint density at radius 1 is 1.39 bits per heavy atom. The molecule has 2 heterocycles. The second-order valence-corrected chi connectivity index (χ2v) is 4.42. The van der Waals surface area contributed by atoms with Gasteiger partial charge in [0.05, 0.1) is 11.0 Å². The molecule has 0 unspecified atom stereocenters. The molecule has 0 saturated carbocycles. The number of hydrogen-bond acceptors (Lipinski definition) is 7. The van der Waals surface area contributed by atoms with Crippen molar-refractivity contribution in [3.05, 3.63) is 40.2 Å². The third kappa shape index (κ3) is 2.92. The monoisotopic (exact) mass is 263 g/mol. The molecular weight excluding hydrogens is 254 g/mol. The van der Waals surface area contributed by atoms with Crippen molar-refractivity contribution in [3.63, 3.8) is 0 Å². The smallest absolute Gasteiger partial charge is 0.275 e. The first-order valence-electron chi connectivity index (χ1n) is 4.94. The fourth-order valence-corrected chi connectivity index (χ4v) is 2.06. The minimum Gasteiger partial charge on any atom is -0.383 e. The van der Waals surface area contributed by atoms with E-state index in [4.69, 9.17) is 5.73 Å². The minimum atomic E-state index is -0.515. The van der Waals surface area contributed by atoms with Crippen LogP contribution in [0.25, 0.3) is 0 Å². The maximum absolute atomic E-state index is 10.7. The van der Waals surface area contributed by atoms with E-state index in [2.05, 4.69) is 15.0 Å². The van der Waals surface area contributed by atoms with Crippen molar-refractivity contribution in [2.45, 2.75) is 17.1 Å². The number of anilines is 1. The normalized spacial score (nSPS) is 10.3. The number of nitro groups is 1. The van der Waals surface area contributed by atoms with Gasteiger partial charge in [-0.3, -0.25) is 10.1 Å². The van der Waals surface area contributed by atoms with Gasteiger partial charge in [0.1, 0.15) is 10.8 Å². The molecule has 0 aliphatic rings. The van der Waals surface area contributed by atoms with Crippen LogP contribution in [0.5, 0.6) is 0 Å². The number of rotatable bonds is 3. The van der Waals surface area contributed by atoms with E-state index in [0.717, 1.165) is 17.5 Å². The second-order valence-electron chi connectivity index (χ2n) is 3.43. The molecule has 0 aliphatic heterocycles. The summed E-state index contributed by atoms with van der Waals surface area (Å²) >= 11 is 1.13. The fraction of sp³-hybridized carbons (Fsp3) is 0.100. The van der Waals surface area contributed by atoms with Crippen molar-refractivity contribution in [1.82, 2.24) is 15.0 Å². The Hall–Kier alpha value is -2.22. The SMILES string of the molecule is Cc1ccnc(Sc2cc([N+](=O)[O-])cc(N)n2)n1. The summed E-state index contributed by atoms with van der Waals surface area (Å²) in [5.74, 6) is 0.0966. The number of pyridine rings is 1. The lowest BCUT2D eigenvalue weighted by Crippen LogP contribution is -1.96. The van der Waals surface area contributed by atoms with Crippen LogP contribution in [0.15, 0.2) is 34.6 Å². The van der Waals surface area contributed by atoms with E-state index in [1.807, 2.05) is 6.92 Å². The number of aromatic nitrogens is 3. The van der Waals surface area contributed by atoms with Gasteiger partial charge in [0.15, 0.2) is 5.16 Å². The van der Waals surface area contributed by atoms with Crippen LogP contribution in [-0.4, -0.2) is 19.9 Å². The van der Waals surface area contributed by atoms with Gasteiger partial charge in [0.2, 0.25) is 0 Å². The van der Waals surface area contributed by atoms with Gasteiger partial charge in [-0.05, 0) is 24.8 Å². The van der Waals surface area contributed by atoms with Gasteiger partial charge in [-0.2, -0.15) is 0 Å². The molecule has 0 atom stereocenters. The summed E-state index contributed by atoms with van der Waals surface area (Å²) in [4.78, 5) is 22.4. The molecule has 2 aromatic rings. The summed E-state index contributed by atoms with van der Waals surface area (Å²) in [6.07, 6.45) is 1.62. The van der Waals surface area contributed by atoms with Gasteiger partial charge < -0.3 is 5.73 Å². The molecule has 0 spiro atoms. The lowest BCUT2D eigenvalue weighted by molar-refractivity contribution is -0.385. The highest BCUT2D eigenvalue weighted by Gasteiger charge is 2.11. The first-order chi connectivity index (χ1) is 8.54. The first-order valence-corrected chi connectivity index (χ1v) is 5.76. The molecule has 92 valence electrons. The van der Waals surface area contributed by atoms with E-state index in [1.54, 1.807) is 12.3 Å². The number of aryl methyl sites for hydroxylation is 1. The average Bonchev–Trinajstić information content (AvgIpc) is 2.28. The molecule has 2 N–H and O–H groups in total. The minimum absolute atomic E-state index is 0.0966. The molecule has 0 aliphatic carbocycles. The lowest BCUT2D eigenvalue weighted by atomic mass is 10.4. The van der Waals surface area contributed by atoms with E-state index in [0.29, 0.717) is 10.2 Å².